The van der Waals surface area contributed by atoms with Crippen molar-refractivity contribution in [1.82, 2.24) is 4.98 Å². The van der Waals surface area contributed by atoms with Crippen molar-refractivity contribution in [2.75, 3.05) is 5.32 Å². The number of hydrogen-bond donors (Lipinski definition) is 1. The molecule has 0 bridgehead atoms. The maximum absolute atomic E-state index is 12.6. The molecular formula is C25H21N3O3S. The Balaban J connectivity index is 1.59. The highest BCUT2D eigenvalue weighted by Crippen LogP contribution is 2.33. The second-order valence-corrected chi connectivity index (χ2v) is 8.33. The molecule has 6 nitrogen and oxygen atoms in total. The summed E-state index contributed by atoms with van der Waals surface area (Å²) < 4.78 is 0. The van der Waals surface area contributed by atoms with Gasteiger partial charge < -0.3 is 0 Å². The summed E-state index contributed by atoms with van der Waals surface area (Å²) in [6, 6.07) is 24.1. The molecule has 160 valence electrons. The second-order valence-electron chi connectivity index (χ2n) is 7.25. The molecule has 7 heteroatoms. The van der Waals surface area contributed by atoms with Crippen molar-refractivity contribution < 1.29 is 9.72 Å². The van der Waals surface area contributed by atoms with E-state index in [0.29, 0.717) is 5.13 Å². The first-order valence-corrected chi connectivity index (χ1v) is 11.1. The fourth-order valence-electron chi connectivity index (χ4n) is 3.41. The van der Waals surface area contributed by atoms with Crippen LogP contribution >= 0.6 is 11.3 Å². The van der Waals surface area contributed by atoms with Gasteiger partial charge in [0.05, 0.1) is 10.6 Å². The average molecular weight is 444 g/mol. The van der Waals surface area contributed by atoms with Crippen LogP contribution < -0.4 is 5.32 Å². The SMILES string of the molecule is CCCc1sc(NC(=O)c2cccc([N+](=O)[O-])c2)nc1-c1ccc(-c2ccccc2)cc1. The van der Waals surface area contributed by atoms with Gasteiger partial charge in [0, 0.05) is 28.1 Å². The predicted octanol–water partition coefficient (Wildman–Crippen LogP) is 6.59. The zero-order valence-corrected chi connectivity index (χ0v) is 18.3. The fraction of sp³-hybridized carbons (Fsp3) is 0.120. The number of carbonyl (C=O) groups excluding carboxylic acids is 1. The van der Waals surface area contributed by atoms with Crippen molar-refractivity contribution in [3.05, 3.63) is 99.4 Å². The van der Waals surface area contributed by atoms with Crippen LogP contribution in [0.15, 0.2) is 78.9 Å². The highest BCUT2D eigenvalue weighted by molar-refractivity contribution is 7.16. The minimum atomic E-state index is -0.517. The lowest BCUT2D eigenvalue weighted by Crippen LogP contribution is -2.11. The highest BCUT2D eigenvalue weighted by atomic mass is 32.1. The number of nitrogens with zero attached hydrogens (tertiary/aromatic N) is 2. The van der Waals surface area contributed by atoms with Crippen LogP contribution in [0.4, 0.5) is 10.8 Å². The Bertz CT molecular complexity index is 1250. The van der Waals surface area contributed by atoms with Crippen LogP contribution in [-0.4, -0.2) is 15.8 Å². The van der Waals surface area contributed by atoms with Crippen LogP contribution in [0.1, 0.15) is 28.6 Å². The predicted molar refractivity (Wildman–Crippen MR) is 128 cm³/mol. The van der Waals surface area contributed by atoms with Crippen LogP contribution in [0.25, 0.3) is 22.4 Å². The molecule has 0 aliphatic carbocycles. The smallest absolute Gasteiger partial charge is 0.270 e. The van der Waals surface area contributed by atoms with Crippen molar-refractivity contribution >= 4 is 28.1 Å². The standard InChI is InChI=1S/C25H21N3O3S/c1-2-7-22-23(19-14-12-18(13-15-19)17-8-4-3-5-9-17)26-25(32-22)27-24(29)20-10-6-11-21(16-20)28(30)31/h3-6,8-16H,2,7H2,1H3,(H,26,27,29). The monoisotopic (exact) mass is 443 g/mol. The molecule has 0 radical (unpaired) electrons. The summed E-state index contributed by atoms with van der Waals surface area (Å²) in [7, 11) is 0. The van der Waals surface area contributed by atoms with E-state index >= 15 is 0 Å². The summed E-state index contributed by atoms with van der Waals surface area (Å²) in [5.74, 6) is -0.420. The topological polar surface area (TPSA) is 85.1 Å². The minimum absolute atomic E-state index is 0.123. The number of amides is 1. The Morgan fingerprint density at radius 1 is 0.969 bits per heavy atom. The molecule has 32 heavy (non-hydrogen) atoms. The first-order chi connectivity index (χ1) is 15.5. The molecule has 0 unspecified atom stereocenters. The van der Waals surface area contributed by atoms with Gasteiger partial charge in [-0.1, -0.05) is 74.0 Å². The number of rotatable bonds is 7. The Morgan fingerprint density at radius 3 is 2.34 bits per heavy atom. The van der Waals surface area contributed by atoms with Crippen molar-refractivity contribution in [2.45, 2.75) is 19.8 Å². The number of nitro groups is 1. The molecule has 0 aliphatic heterocycles. The number of benzene rings is 3. The Morgan fingerprint density at radius 2 is 1.66 bits per heavy atom. The molecule has 4 rings (SSSR count). The molecule has 3 aromatic carbocycles. The maximum atomic E-state index is 12.6. The molecule has 0 aliphatic rings. The third-order valence-corrected chi connectivity index (χ3v) is 6.01. The summed E-state index contributed by atoms with van der Waals surface area (Å²) in [6.07, 6.45) is 1.80. The number of carbonyl (C=O) groups is 1. The number of thiazole rings is 1. The molecule has 1 amide bonds. The molecule has 0 saturated heterocycles. The first kappa shape index (κ1) is 21.4. The normalized spacial score (nSPS) is 10.7. The summed E-state index contributed by atoms with van der Waals surface area (Å²) in [5, 5.41) is 14.3. The van der Waals surface area contributed by atoms with Gasteiger partial charge in [-0.25, -0.2) is 4.98 Å². The van der Waals surface area contributed by atoms with Crippen molar-refractivity contribution in [3.63, 3.8) is 0 Å². The van der Waals surface area contributed by atoms with Gasteiger partial charge in [0.1, 0.15) is 0 Å². The Kier molecular flexibility index (Phi) is 6.37. The third kappa shape index (κ3) is 4.73. The van der Waals surface area contributed by atoms with Crippen molar-refractivity contribution in [2.24, 2.45) is 0 Å². The van der Waals surface area contributed by atoms with Crippen molar-refractivity contribution in [1.29, 1.82) is 0 Å². The van der Waals surface area contributed by atoms with Crippen LogP contribution in [0.2, 0.25) is 0 Å². The number of anilines is 1. The molecule has 1 N–H and O–H groups in total. The van der Waals surface area contributed by atoms with E-state index in [4.69, 9.17) is 0 Å². The van der Waals surface area contributed by atoms with E-state index in [2.05, 4.69) is 41.5 Å². The Hall–Kier alpha value is -3.84. The zero-order chi connectivity index (χ0) is 22.5. The number of aryl methyl sites for hydroxylation is 1. The van der Waals surface area contributed by atoms with Gasteiger partial charge in [-0.3, -0.25) is 20.2 Å². The van der Waals surface area contributed by atoms with E-state index in [9.17, 15) is 14.9 Å². The molecule has 0 saturated carbocycles. The van der Waals surface area contributed by atoms with Crippen molar-refractivity contribution in [3.8, 4) is 22.4 Å². The molecular weight excluding hydrogens is 422 g/mol. The van der Waals surface area contributed by atoms with Crippen LogP contribution in [-0.2, 0) is 6.42 Å². The lowest BCUT2D eigenvalue weighted by atomic mass is 10.0. The fourth-order valence-corrected chi connectivity index (χ4v) is 4.49. The van der Waals surface area contributed by atoms with Gasteiger partial charge in [0.15, 0.2) is 5.13 Å². The summed E-state index contributed by atoms with van der Waals surface area (Å²) in [4.78, 5) is 28.9. The number of non-ortho nitro benzene ring substituents is 1. The van der Waals surface area contributed by atoms with Gasteiger partial charge >= 0.3 is 0 Å². The number of nitro benzene ring substituents is 1. The molecule has 1 aromatic heterocycles. The number of aromatic nitrogens is 1. The summed E-state index contributed by atoms with van der Waals surface area (Å²) in [6.45, 7) is 2.10. The van der Waals surface area contributed by atoms with E-state index in [1.807, 2.05) is 30.3 Å². The lowest BCUT2D eigenvalue weighted by Gasteiger charge is -2.05. The Labute approximate surface area is 189 Å². The second kappa shape index (κ2) is 9.53. The van der Waals surface area contributed by atoms with Crippen LogP contribution in [0, 0.1) is 10.1 Å². The lowest BCUT2D eigenvalue weighted by molar-refractivity contribution is -0.384. The molecule has 4 aromatic rings. The largest absolute Gasteiger partial charge is 0.298 e. The van der Waals surface area contributed by atoms with E-state index in [-0.39, 0.29) is 11.3 Å². The maximum Gasteiger partial charge on any atom is 0.270 e. The highest BCUT2D eigenvalue weighted by Gasteiger charge is 2.17. The quantitative estimate of drug-likeness (QED) is 0.258. The van der Waals surface area contributed by atoms with E-state index < -0.39 is 10.8 Å². The molecule has 0 fully saturated rings. The van der Waals surface area contributed by atoms with E-state index in [1.165, 1.54) is 29.5 Å². The third-order valence-electron chi connectivity index (χ3n) is 4.98. The molecule has 1 heterocycles. The first-order valence-electron chi connectivity index (χ1n) is 10.3. The van der Waals surface area contributed by atoms with E-state index in [1.54, 1.807) is 6.07 Å². The molecule has 0 atom stereocenters. The van der Waals surface area contributed by atoms with Gasteiger partial charge in [0.2, 0.25) is 0 Å². The van der Waals surface area contributed by atoms with Crippen LogP contribution in [0.3, 0.4) is 0 Å². The number of nitrogens with one attached hydrogen (secondary N) is 1. The average Bonchev–Trinajstić information content (AvgIpc) is 3.22. The van der Waals surface area contributed by atoms with Gasteiger partial charge in [-0.05, 0) is 23.6 Å². The summed E-state index contributed by atoms with van der Waals surface area (Å²) in [5.41, 5.74) is 4.21. The van der Waals surface area contributed by atoms with Crippen LogP contribution in [0.5, 0.6) is 0 Å². The van der Waals surface area contributed by atoms with Gasteiger partial charge in [0.25, 0.3) is 11.6 Å². The number of hydrogen-bond acceptors (Lipinski definition) is 5. The molecule has 0 spiro atoms. The summed E-state index contributed by atoms with van der Waals surface area (Å²) >= 11 is 1.44. The van der Waals surface area contributed by atoms with E-state index in [0.717, 1.165) is 40.1 Å². The van der Waals surface area contributed by atoms with Gasteiger partial charge in [-0.15, -0.1) is 11.3 Å². The van der Waals surface area contributed by atoms with Gasteiger partial charge in [-0.2, -0.15) is 0 Å². The minimum Gasteiger partial charge on any atom is -0.298 e. The zero-order valence-electron chi connectivity index (χ0n) is 17.4.